The third-order valence-corrected chi connectivity index (χ3v) is 3.00. The molecule has 2 aromatic rings. The molecular formula is C12H13BrN2O. The van der Waals surface area contributed by atoms with Gasteiger partial charge in [0.2, 0.25) is 0 Å². The van der Waals surface area contributed by atoms with Gasteiger partial charge in [-0.25, -0.2) is 0 Å². The van der Waals surface area contributed by atoms with Gasteiger partial charge in [-0.3, -0.25) is 0 Å². The van der Waals surface area contributed by atoms with Crippen molar-refractivity contribution in [2.45, 2.75) is 13.5 Å². The topological polar surface area (TPSA) is 38.1 Å². The summed E-state index contributed by atoms with van der Waals surface area (Å²) in [6.45, 7) is 2.76. The van der Waals surface area contributed by atoms with Gasteiger partial charge in [0.25, 0.3) is 0 Å². The largest absolute Gasteiger partial charge is 0.356 e. The van der Waals surface area contributed by atoms with Crippen LogP contribution in [0.15, 0.2) is 33.3 Å². The first-order chi connectivity index (χ1) is 7.72. The number of nitrogens with one attached hydrogen (secondary N) is 1. The minimum atomic E-state index is 0.728. The first-order valence-electron chi connectivity index (χ1n) is 5.08. The van der Waals surface area contributed by atoms with Crippen LogP contribution in [-0.4, -0.2) is 12.2 Å². The molecule has 0 atom stereocenters. The minimum Gasteiger partial charge on any atom is -0.356 e. The van der Waals surface area contributed by atoms with Crippen LogP contribution in [0.3, 0.4) is 0 Å². The van der Waals surface area contributed by atoms with E-state index in [0.717, 1.165) is 33.6 Å². The highest BCUT2D eigenvalue weighted by molar-refractivity contribution is 9.10. The first kappa shape index (κ1) is 11.4. The molecule has 4 heteroatoms. The molecule has 0 radical (unpaired) electrons. The Morgan fingerprint density at radius 2 is 2.00 bits per heavy atom. The van der Waals surface area contributed by atoms with Gasteiger partial charge in [0.1, 0.15) is 5.69 Å². The molecule has 1 N–H and O–H groups in total. The molecule has 0 bridgehead atoms. The Morgan fingerprint density at radius 1 is 1.31 bits per heavy atom. The lowest BCUT2D eigenvalue weighted by atomic mass is 10.1. The maximum atomic E-state index is 5.37. The summed E-state index contributed by atoms with van der Waals surface area (Å²) in [5.74, 6) is 0.845. The quantitative estimate of drug-likeness (QED) is 0.939. The molecule has 16 heavy (non-hydrogen) atoms. The Labute approximate surface area is 103 Å². The predicted octanol–water partition coefficient (Wildman–Crippen LogP) is 3.13. The van der Waals surface area contributed by atoms with Gasteiger partial charge >= 0.3 is 0 Å². The van der Waals surface area contributed by atoms with E-state index in [0.29, 0.717) is 0 Å². The standard InChI is InChI=1S/C12H13BrN2O/c1-8-11(7-14-2)15-16-12(8)9-3-5-10(13)6-4-9/h3-6,14H,7H2,1-2H3. The molecule has 0 saturated carbocycles. The zero-order valence-corrected chi connectivity index (χ0v) is 10.8. The van der Waals surface area contributed by atoms with Crippen molar-refractivity contribution in [3.8, 4) is 11.3 Å². The van der Waals surface area contributed by atoms with Crippen LogP contribution in [0.2, 0.25) is 0 Å². The molecule has 1 aromatic heterocycles. The van der Waals surface area contributed by atoms with E-state index in [1.54, 1.807) is 0 Å². The molecule has 1 heterocycles. The fourth-order valence-corrected chi connectivity index (χ4v) is 1.84. The van der Waals surface area contributed by atoms with E-state index in [-0.39, 0.29) is 0 Å². The predicted molar refractivity (Wildman–Crippen MR) is 67.1 cm³/mol. The van der Waals surface area contributed by atoms with Gasteiger partial charge < -0.3 is 9.84 Å². The lowest BCUT2D eigenvalue weighted by Gasteiger charge is -1.98. The van der Waals surface area contributed by atoms with Crippen molar-refractivity contribution in [1.82, 2.24) is 10.5 Å². The highest BCUT2D eigenvalue weighted by atomic mass is 79.9. The Morgan fingerprint density at radius 3 is 2.62 bits per heavy atom. The highest BCUT2D eigenvalue weighted by Crippen LogP contribution is 2.26. The normalized spacial score (nSPS) is 10.7. The second-order valence-corrected chi connectivity index (χ2v) is 4.54. The smallest absolute Gasteiger partial charge is 0.170 e. The number of aromatic nitrogens is 1. The van der Waals surface area contributed by atoms with Gasteiger partial charge in [-0.15, -0.1) is 0 Å². The first-order valence-corrected chi connectivity index (χ1v) is 5.87. The average Bonchev–Trinajstić information content (AvgIpc) is 2.63. The molecule has 1 aromatic carbocycles. The van der Waals surface area contributed by atoms with Crippen molar-refractivity contribution in [2.75, 3.05) is 7.05 Å². The van der Waals surface area contributed by atoms with E-state index in [4.69, 9.17) is 4.52 Å². The number of halogens is 1. The molecule has 0 aliphatic carbocycles. The van der Waals surface area contributed by atoms with Crippen LogP contribution < -0.4 is 5.32 Å². The monoisotopic (exact) mass is 280 g/mol. The molecule has 3 nitrogen and oxygen atoms in total. The van der Waals surface area contributed by atoms with Gasteiger partial charge in [-0.1, -0.05) is 33.2 Å². The Hall–Kier alpha value is -1.13. The van der Waals surface area contributed by atoms with Crippen LogP contribution in [0.4, 0.5) is 0 Å². The van der Waals surface area contributed by atoms with Crippen LogP contribution in [-0.2, 0) is 6.54 Å². The number of rotatable bonds is 3. The van der Waals surface area contributed by atoms with E-state index in [9.17, 15) is 0 Å². The molecular weight excluding hydrogens is 268 g/mol. The van der Waals surface area contributed by atoms with Crippen molar-refractivity contribution >= 4 is 15.9 Å². The minimum absolute atomic E-state index is 0.728. The number of nitrogens with zero attached hydrogens (tertiary/aromatic N) is 1. The maximum absolute atomic E-state index is 5.37. The van der Waals surface area contributed by atoms with Crippen LogP contribution in [0, 0.1) is 6.92 Å². The molecule has 0 aliphatic rings. The zero-order chi connectivity index (χ0) is 11.5. The lowest BCUT2D eigenvalue weighted by Crippen LogP contribution is -2.06. The molecule has 0 fully saturated rings. The van der Waals surface area contributed by atoms with Gasteiger partial charge in [0, 0.05) is 22.1 Å². The summed E-state index contributed by atoms with van der Waals surface area (Å²) < 4.78 is 6.43. The van der Waals surface area contributed by atoms with Crippen molar-refractivity contribution in [1.29, 1.82) is 0 Å². The van der Waals surface area contributed by atoms with Crippen LogP contribution in [0.5, 0.6) is 0 Å². The van der Waals surface area contributed by atoms with E-state index in [1.165, 1.54) is 0 Å². The molecule has 0 amide bonds. The lowest BCUT2D eigenvalue weighted by molar-refractivity contribution is 0.421. The average molecular weight is 281 g/mol. The van der Waals surface area contributed by atoms with Crippen molar-refractivity contribution in [3.63, 3.8) is 0 Å². The summed E-state index contributed by atoms with van der Waals surface area (Å²) in [4.78, 5) is 0. The summed E-state index contributed by atoms with van der Waals surface area (Å²) in [5, 5.41) is 7.12. The van der Waals surface area contributed by atoms with E-state index >= 15 is 0 Å². The molecule has 2 rings (SSSR count). The molecule has 0 saturated heterocycles. The fraction of sp³-hybridized carbons (Fsp3) is 0.250. The highest BCUT2D eigenvalue weighted by Gasteiger charge is 2.12. The molecule has 0 aliphatic heterocycles. The van der Waals surface area contributed by atoms with E-state index in [1.807, 2.05) is 38.2 Å². The van der Waals surface area contributed by atoms with Gasteiger partial charge in [-0.2, -0.15) is 0 Å². The van der Waals surface area contributed by atoms with E-state index in [2.05, 4.69) is 26.4 Å². The van der Waals surface area contributed by atoms with Crippen molar-refractivity contribution in [3.05, 3.63) is 40.0 Å². The fourth-order valence-electron chi connectivity index (χ4n) is 1.57. The Kier molecular flexibility index (Phi) is 3.41. The molecule has 0 unspecified atom stereocenters. The SMILES string of the molecule is CNCc1noc(-c2ccc(Br)cc2)c1C. The van der Waals surface area contributed by atoms with Gasteiger partial charge in [0.15, 0.2) is 5.76 Å². The summed E-state index contributed by atoms with van der Waals surface area (Å²) in [7, 11) is 1.90. The molecule has 84 valence electrons. The Balaban J connectivity index is 2.37. The molecule has 0 spiro atoms. The van der Waals surface area contributed by atoms with Gasteiger partial charge in [-0.05, 0) is 26.1 Å². The number of benzene rings is 1. The second kappa shape index (κ2) is 4.80. The van der Waals surface area contributed by atoms with Gasteiger partial charge in [0.05, 0.1) is 0 Å². The van der Waals surface area contributed by atoms with Crippen molar-refractivity contribution in [2.24, 2.45) is 0 Å². The summed E-state index contributed by atoms with van der Waals surface area (Å²) in [5.41, 5.74) is 3.10. The number of hydrogen-bond acceptors (Lipinski definition) is 3. The van der Waals surface area contributed by atoms with Crippen LogP contribution in [0.25, 0.3) is 11.3 Å². The third kappa shape index (κ3) is 2.18. The zero-order valence-electron chi connectivity index (χ0n) is 9.25. The van der Waals surface area contributed by atoms with Crippen LogP contribution in [0.1, 0.15) is 11.3 Å². The summed E-state index contributed by atoms with van der Waals surface area (Å²) in [6.07, 6.45) is 0. The maximum Gasteiger partial charge on any atom is 0.170 e. The number of hydrogen-bond donors (Lipinski definition) is 1. The third-order valence-electron chi connectivity index (χ3n) is 2.47. The van der Waals surface area contributed by atoms with E-state index < -0.39 is 0 Å². The van der Waals surface area contributed by atoms with Crippen molar-refractivity contribution < 1.29 is 4.52 Å². The Bertz CT molecular complexity index is 476. The van der Waals surface area contributed by atoms with Crippen LogP contribution >= 0.6 is 15.9 Å². The summed E-state index contributed by atoms with van der Waals surface area (Å²) >= 11 is 3.41. The summed E-state index contributed by atoms with van der Waals surface area (Å²) in [6, 6.07) is 8.02. The second-order valence-electron chi connectivity index (χ2n) is 3.62.